The van der Waals surface area contributed by atoms with Gasteiger partial charge in [-0.25, -0.2) is 8.78 Å². The summed E-state index contributed by atoms with van der Waals surface area (Å²) in [5, 5.41) is 3.54. The van der Waals surface area contributed by atoms with Crippen LogP contribution < -0.4 is 11.1 Å². The van der Waals surface area contributed by atoms with Crippen molar-refractivity contribution in [3.8, 4) is 0 Å². The molecule has 4 saturated carbocycles. The van der Waals surface area contributed by atoms with Crippen molar-refractivity contribution in [2.24, 2.45) is 23.0 Å². The number of nitrogens with two attached hydrogens (primary N) is 1. The number of fused-ring (bicyclic) bond motifs is 2. The molecule has 1 saturated heterocycles. The van der Waals surface area contributed by atoms with Gasteiger partial charge in [0.05, 0.1) is 13.1 Å². The fraction of sp³-hybridized carbons (Fsp3) is 0.941. The van der Waals surface area contributed by atoms with Gasteiger partial charge in [-0.3, -0.25) is 4.79 Å². The zero-order valence-corrected chi connectivity index (χ0v) is 13.4. The minimum Gasteiger partial charge on any atom is -0.335 e. The summed E-state index contributed by atoms with van der Waals surface area (Å²) in [4.78, 5) is 13.6. The number of nitrogens with one attached hydrogen (secondary N) is 1. The minimum atomic E-state index is -2.71. The average molecular weight is 325 g/mol. The molecule has 0 aromatic carbocycles. The monoisotopic (exact) mass is 325 g/mol. The minimum absolute atomic E-state index is 0.0224. The molecular weight excluding hydrogens is 300 g/mol. The lowest BCUT2D eigenvalue weighted by Gasteiger charge is -2.59. The standard InChI is InChI=1S/C17H25F2N3O/c18-17(19)1-2-22(10-17)13(23)8-21-16-5-11-3-14(20)6-12(7-16)15(16,4-11)9-14/h11-12,21H,1-10,20H2. The maximum Gasteiger partial charge on any atom is 0.267 e. The highest BCUT2D eigenvalue weighted by Crippen LogP contribution is 2.77. The van der Waals surface area contributed by atoms with Crippen LogP contribution in [0.2, 0.25) is 0 Å². The van der Waals surface area contributed by atoms with Gasteiger partial charge in [0.25, 0.3) is 5.92 Å². The van der Waals surface area contributed by atoms with Gasteiger partial charge in [-0.1, -0.05) is 0 Å². The smallest absolute Gasteiger partial charge is 0.267 e. The SMILES string of the molecule is NC12CC3CC4(NCC(=O)N5CCC(F)(F)C5)CC(C1)C4(C3)C2. The molecule has 0 radical (unpaired) electrons. The summed E-state index contributed by atoms with van der Waals surface area (Å²) in [5.41, 5.74) is 6.96. The van der Waals surface area contributed by atoms with E-state index in [0.29, 0.717) is 17.3 Å². The van der Waals surface area contributed by atoms with Gasteiger partial charge in [0.2, 0.25) is 5.91 Å². The number of likely N-dealkylation sites (tertiary alicyclic amines) is 1. The third kappa shape index (κ3) is 1.79. The van der Waals surface area contributed by atoms with E-state index >= 15 is 0 Å². The van der Waals surface area contributed by atoms with E-state index in [1.807, 2.05) is 0 Å². The number of carbonyl (C=O) groups excluding carboxylic acids is 1. The van der Waals surface area contributed by atoms with E-state index in [-0.39, 0.29) is 36.5 Å². The Labute approximate surface area is 135 Å². The number of alkyl halides is 2. The van der Waals surface area contributed by atoms with Crippen molar-refractivity contribution in [2.45, 2.75) is 61.9 Å². The topological polar surface area (TPSA) is 58.4 Å². The highest BCUT2D eigenvalue weighted by molar-refractivity contribution is 5.78. The van der Waals surface area contributed by atoms with E-state index in [0.717, 1.165) is 32.1 Å². The first-order valence-electron chi connectivity index (χ1n) is 8.95. The Hall–Kier alpha value is -0.750. The zero-order valence-electron chi connectivity index (χ0n) is 13.4. The Kier molecular flexibility index (Phi) is 2.58. The average Bonchev–Trinajstić information content (AvgIpc) is 2.95. The Morgan fingerprint density at radius 3 is 2.78 bits per heavy atom. The normalized spacial score (nSPS) is 51.9. The summed E-state index contributed by atoms with van der Waals surface area (Å²) in [6.07, 6.45) is 6.63. The van der Waals surface area contributed by atoms with Crippen LogP contribution >= 0.6 is 0 Å². The van der Waals surface area contributed by atoms with Crippen molar-refractivity contribution < 1.29 is 13.6 Å². The summed E-state index contributed by atoms with van der Waals surface area (Å²) in [5.74, 6) is -1.49. The van der Waals surface area contributed by atoms with Gasteiger partial charge in [0, 0.05) is 24.0 Å². The molecule has 1 heterocycles. The van der Waals surface area contributed by atoms with Crippen LogP contribution in [0.1, 0.15) is 44.9 Å². The van der Waals surface area contributed by atoms with E-state index in [4.69, 9.17) is 5.73 Å². The zero-order chi connectivity index (χ0) is 16.1. The first-order chi connectivity index (χ1) is 10.8. The fourth-order valence-electron chi connectivity index (χ4n) is 7.15. The molecule has 5 rings (SSSR count). The van der Waals surface area contributed by atoms with Gasteiger partial charge >= 0.3 is 0 Å². The number of rotatable bonds is 3. The van der Waals surface area contributed by atoms with Crippen molar-refractivity contribution in [2.75, 3.05) is 19.6 Å². The second kappa shape index (κ2) is 4.07. The molecule has 4 aliphatic carbocycles. The van der Waals surface area contributed by atoms with Gasteiger partial charge < -0.3 is 16.0 Å². The molecule has 3 bridgehead atoms. The van der Waals surface area contributed by atoms with Crippen molar-refractivity contribution in [1.29, 1.82) is 0 Å². The predicted molar refractivity (Wildman–Crippen MR) is 80.9 cm³/mol. The van der Waals surface area contributed by atoms with Gasteiger partial charge in [-0.2, -0.15) is 0 Å². The van der Waals surface area contributed by atoms with E-state index < -0.39 is 12.5 Å². The van der Waals surface area contributed by atoms with Crippen molar-refractivity contribution in [3.63, 3.8) is 0 Å². The van der Waals surface area contributed by atoms with E-state index in [1.54, 1.807) is 0 Å². The van der Waals surface area contributed by atoms with Crippen LogP contribution in [-0.2, 0) is 4.79 Å². The quantitative estimate of drug-likeness (QED) is 0.827. The Morgan fingerprint density at radius 1 is 1.22 bits per heavy atom. The number of hydrogen-bond donors (Lipinski definition) is 2. The van der Waals surface area contributed by atoms with Crippen LogP contribution in [0.4, 0.5) is 8.78 Å². The van der Waals surface area contributed by atoms with Crippen molar-refractivity contribution in [1.82, 2.24) is 10.2 Å². The molecule has 1 amide bonds. The fourth-order valence-corrected chi connectivity index (χ4v) is 7.15. The molecule has 0 aromatic rings. The molecule has 3 N–H and O–H groups in total. The van der Waals surface area contributed by atoms with Crippen LogP contribution in [0.25, 0.3) is 0 Å². The van der Waals surface area contributed by atoms with Crippen LogP contribution in [0.3, 0.4) is 0 Å². The lowest BCUT2D eigenvalue weighted by atomic mass is 9.51. The van der Waals surface area contributed by atoms with E-state index in [2.05, 4.69) is 5.32 Å². The molecule has 5 aliphatic rings. The number of carbonyl (C=O) groups is 1. The second-order valence-corrected chi connectivity index (χ2v) is 9.14. The summed E-state index contributed by atoms with van der Waals surface area (Å²) in [6, 6.07) is 0. The molecule has 0 aromatic heterocycles. The van der Waals surface area contributed by atoms with E-state index in [9.17, 15) is 13.6 Å². The van der Waals surface area contributed by atoms with Crippen molar-refractivity contribution in [3.05, 3.63) is 0 Å². The third-order valence-corrected chi connectivity index (χ3v) is 7.74. The van der Waals surface area contributed by atoms with Crippen LogP contribution in [-0.4, -0.2) is 47.4 Å². The largest absolute Gasteiger partial charge is 0.335 e. The molecule has 5 unspecified atom stereocenters. The van der Waals surface area contributed by atoms with Gasteiger partial charge in [-0.15, -0.1) is 0 Å². The van der Waals surface area contributed by atoms with Gasteiger partial charge in [0.15, 0.2) is 0 Å². The number of halogens is 2. The second-order valence-electron chi connectivity index (χ2n) is 9.14. The molecular formula is C17H25F2N3O. The summed E-state index contributed by atoms with van der Waals surface area (Å²) >= 11 is 0. The molecule has 5 atom stereocenters. The highest BCUT2D eigenvalue weighted by Gasteiger charge is 2.76. The molecule has 5 fully saturated rings. The van der Waals surface area contributed by atoms with Gasteiger partial charge in [-0.05, 0) is 55.8 Å². The highest BCUT2D eigenvalue weighted by atomic mass is 19.3. The molecule has 6 heteroatoms. The molecule has 4 nitrogen and oxygen atoms in total. The molecule has 128 valence electrons. The Morgan fingerprint density at radius 2 is 2.04 bits per heavy atom. The van der Waals surface area contributed by atoms with Gasteiger partial charge in [0.1, 0.15) is 0 Å². The number of hydrogen-bond acceptors (Lipinski definition) is 3. The van der Waals surface area contributed by atoms with Crippen LogP contribution in [0, 0.1) is 17.3 Å². The summed E-state index contributed by atoms with van der Waals surface area (Å²) in [6.45, 7) is -0.0273. The molecule has 1 spiro atoms. The predicted octanol–water partition coefficient (Wildman–Crippen LogP) is 1.49. The lowest BCUT2D eigenvalue weighted by Crippen LogP contribution is -2.67. The molecule has 1 aliphatic heterocycles. The maximum atomic E-state index is 13.3. The van der Waals surface area contributed by atoms with Crippen molar-refractivity contribution >= 4 is 5.91 Å². The first kappa shape index (κ1) is 14.6. The molecule has 23 heavy (non-hydrogen) atoms. The lowest BCUT2D eigenvalue weighted by molar-refractivity contribution is -0.133. The summed E-state index contributed by atoms with van der Waals surface area (Å²) < 4.78 is 26.6. The third-order valence-electron chi connectivity index (χ3n) is 7.74. The summed E-state index contributed by atoms with van der Waals surface area (Å²) in [7, 11) is 0. The Bertz CT molecular complexity index is 580. The van der Waals surface area contributed by atoms with Crippen LogP contribution in [0.15, 0.2) is 0 Å². The maximum absolute atomic E-state index is 13.3. The first-order valence-corrected chi connectivity index (χ1v) is 8.95. The number of nitrogens with zero attached hydrogens (tertiary/aromatic N) is 1. The van der Waals surface area contributed by atoms with Crippen LogP contribution in [0.5, 0.6) is 0 Å². The number of amides is 1. The Balaban J connectivity index is 1.29. The van der Waals surface area contributed by atoms with E-state index in [1.165, 1.54) is 11.3 Å².